The van der Waals surface area contributed by atoms with E-state index in [4.69, 9.17) is 5.73 Å². The summed E-state index contributed by atoms with van der Waals surface area (Å²) in [4.78, 5) is 27.2. The number of imidazole rings is 1. The smallest absolute Gasteiger partial charge is 0.326 e. The largest absolute Gasteiger partial charge is 0.354 e. The molecule has 7 heteroatoms. The Bertz CT molecular complexity index is 765. The maximum absolute atomic E-state index is 12.4. The Morgan fingerprint density at radius 2 is 2.17 bits per heavy atom. The number of rotatable bonds is 4. The van der Waals surface area contributed by atoms with Crippen molar-refractivity contribution in [2.45, 2.75) is 44.7 Å². The van der Waals surface area contributed by atoms with Gasteiger partial charge in [-0.3, -0.25) is 9.36 Å². The van der Waals surface area contributed by atoms with E-state index < -0.39 is 5.54 Å². The number of nitrogens with two attached hydrogens (primary N) is 1. The van der Waals surface area contributed by atoms with E-state index in [1.54, 1.807) is 4.57 Å². The average Bonchev–Trinajstić information content (AvgIpc) is 2.82. The summed E-state index contributed by atoms with van der Waals surface area (Å²) in [6.45, 7) is 2.83. The van der Waals surface area contributed by atoms with Crippen molar-refractivity contribution in [2.75, 3.05) is 6.54 Å². The summed E-state index contributed by atoms with van der Waals surface area (Å²) in [7, 11) is 0. The van der Waals surface area contributed by atoms with Gasteiger partial charge in [0.05, 0.1) is 17.0 Å². The molecule has 0 aliphatic heterocycles. The average molecular weight is 353 g/mol. The zero-order valence-corrected chi connectivity index (χ0v) is 14.7. The van der Waals surface area contributed by atoms with Gasteiger partial charge < -0.3 is 16.0 Å². The Morgan fingerprint density at radius 1 is 1.42 bits per heavy atom. The number of aromatic nitrogens is 2. The minimum atomic E-state index is -0.431. The van der Waals surface area contributed by atoms with Gasteiger partial charge in [-0.1, -0.05) is 25.0 Å². The van der Waals surface area contributed by atoms with Gasteiger partial charge >= 0.3 is 5.69 Å². The molecule has 3 rings (SSSR count). The Morgan fingerprint density at radius 3 is 2.92 bits per heavy atom. The Labute approximate surface area is 147 Å². The van der Waals surface area contributed by atoms with E-state index in [-0.39, 0.29) is 29.9 Å². The van der Waals surface area contributed by atoms with Crippen LogP contribution in [0.3, 0.4) is 0 Å². The highest BCUT2D eigenvalue weighted by atomic mass is 35.5. The third kappa shape index (κ3) is 3.65. The number of para-hydroxylation sites is 2. The van der Waals surface area contributed by atoms with Crippen molar-refractivity contribution >= 4 is 29.3 Å². The molecule has 6 nitrogen and oxygen atoms in total. The molecule has 0 saturated heterocycles. The second-order valence-electron chi connectivity index (χ2n) is 6.69. The first-order valence-electron chi connectivity index (χ1n) is 8.23. The number of nitrogens with zero attached hydrogens (tertiary/aromatic N) is 1. The van der Waals surface area contributed by atoms with E-state index in [1.165, 1.54) is 0 Å². The van der Waals surface area contributed by atoms with Crippen LogP contribution in [0.1, 0.15) is 32.6 Å². The molecule has 4 N–H and O–H groups in total. The fourth-order valence-corrected chi connectivity index (χ4v) is 3.53. The van der Waals surface area contributed by atoms with E-state index in [9.17, 15) is 9.59 Å². The van der Waals surface area contributed by atoms with Crippen LogP contribution in [0.4, 0.5) is 0 Å². The summed E-state index contributed by atoms with van der Waals surface area (Å²) in [5.74, 6) is -0.140. The van der Waals surface area contributed by atoms with Gasteiger partial charge in [-0.15, -0.1) is 12.4 Å². The molecule has 0 spiro atoms. The summed E-state index contributed by atoms with van der Waals surface area (Å²) in [6, 6.07) is 7.54. The van der Waals surface area contributed by atoms with Gasteiger partial charge in [0.15, 0.2) is 0 Å². The number of hydrogen-bond acceptors (Lipinski definition) is 3. The Kier molecular flexibility index (Phi) is 5.72. The minimum Gasteiger partial charge on any atom is -0.354 e. The molecule has 2 aromatic rings. The quantitative estimate of drug-likeness (QED) is 0.783. The fourth-order valence-electron chi connectivity index (χ4n) is 3.53. The molecule has 1 aromatic heterocycles. The number of fused-ring (bicyclic) bond motifs is 1. The summed E-state index contributed by atoms with van der Waals surface area (Å²) >= 11 is 0. The van der Waals surface area contributed by atoms with Crippen LogP contribution in [0, 0.1) is 5.92 Å². The number of aromatic amines is 1. The first-order chi connectivity index (χ1) is 11.0. The molecule has 1 aliphatic carbocycles. The Hall–Kier alpha value is -1.79. The molecule has 1 amide bonds. The predicted molar refractivity (Wildman–Crippen MR) is 97.4 cm³/mol. The van der Waals surface area contributed by atoms with Crippen LogP contribution >= 0.6 is 12.4 Å². The number of carbonyl (C=O) groups excluding carboxylic acids is 1. The lowest BCUT2D eigenvalue weighted by atomic mass is 9.74. The Balaban J connectivity index is 0.00000208. The highest BCUT2D eigenvalue weighted by Crippen LogP contribution is 2.31. The molecule has 132 valence electrons. The van der Waals surface area contributed by atoms with Crippen LogP contribution in [-0.2, 0) is 11.3 Å². The van der Waals surface area contributed by atoms with Gasteiger partial charge in [0.1, 0.15) is 0 Å². The van der Waals surface area contributed by atoms with Crippen molar-refractivity contribution < 1.29 is 4.79 Å². The topological polar surface area (TPSA) is 92.9 Å². The summed E-state index contributed by atoms with van der Waals surface area (Å²) in [5.41, 5.74) is 7.35. The van der Waals surface area contributed by atoms with Gasteiger partial charge in [0.2, 0.25) is 5.91 Å². The van der Waals surface area contributed by atoms with Crippen molar-refractivity contribution in [3.05, 3.63) is 34.7 Å². The van der Waals surface area contributed by atoms with Crippen LogP contribution in [0.25, 0.3) is 11.0 Å². The lowest BCUT2D eigenvalue weighted by molar-refractivity contribution is -0.128. The van der Waals surface area contributed by atoms with Crippen molar-refractivity contribution in [3.8, 4) is 0 Å². The second-order valence-corrected chi connectivity index (χ2v) is 6.69. The highest BCUT2D eigenvalue weighted by Gasteiger charge is 2.37. The van der Waals surface area contributed by atoms with Gasteiger partial charge in [-0.2, -0.15) is 0 Å². The maximum Gasteiger partial charge on any atom is 0.326 e. The fraction of sp³-hybridized carbons (Fsp3) is 0.529. The number of halogens is 1. The number of benzene rings is 1. The van der Waals surface area contributed by atoms with Crippen molar-refractivity contribution in [1.29, 1.82) is 0 Å². The zero-order chi connectivity index (χ0) is 16.4. The lowest BCUT2D eigenvalue weighted by Gasteiger charge is -2.37. The molecule has 1 fully saturated rings. The molecule has 1 aliphatic rings. The number of carbonyl (C=O) groups is 1. The molecule has 2 unspecified atom stereocenters. The molecular weight excluding hydrogens is 328 g/mol. The molecule has 1 heterocycles. The van der Waals surface area contributed by atoms with E-state index in [2.05, 4.69) is 10.3 Å². The first-order valence-corrected chi connectivity index (χ1v) is 8.23. The molecular formula is C17H25ClN4O2. The zero-order valence-electron chi connectivity index (χ0n) is 13.9. The molecule has 2 atom stereocenters. The summed E-state index contributed by atoms with van der Waals surface area (Å²) < 4.78 is 1.65. The second kappa shape index (κ2) is 7.40. The van der Waals surface area contributed by atoms with E-state index >= 15 is 0 Å². The van der Waals surface area contributed by atoms with Crippen LogP contribution in [0.2, 0.25) is 0 Å². The first kappa shape index (κ1) is 18.5. The predicted octanol–water partition coefficient (Wildman–Crippen LogP) is 1.78. The molecule has 1 aromatic carbocycles. The van der Waals surface area contributed by atoms with Crippen LogP contribution in [0.15, 0.2) is 29.1 Å². The van der Waals surface area contributed by atoms with Crippen LogP contribution < -0.4 is 16.7 Å². The molecule has 0 radical (unpaired) electrons. The molecule has 0 bridgehead atoms. The number of hydrogen-bond donors (Lipinski definition) is 3. The van der Waals surface area contributed by atoms with Gasteiger partial charge in [0.25, 0.3) is 0 Å². The monoisotopic (exact) mass is 352 g/mol. The van der Waals surface area contributed by atoms with Crippen LogP contribution in [0.5, 0.6) is 0 Å². The molecule has 1 saturated carbocycles. The lowest BCUT2D eigenvalue weighted by Crippen LogP contribution is -2.53. The van der Waals surface area contributed by atoms with Crippen molar-refractivity contribution in [2.24, 2.45) is 11.7 Å². The van der Waals surface area contributed by atoms with E-state index in [0.717, 1.165) is 36.7 Å². The van der Waals surface area contributed by atoms with E-state index in [0.29, 0.717) is 13.1 Å². The number of H-pyrrole nitrogens is 1. The number of amides is 1. The maximum atomic E-state index is 12.4. The SMILES string of the molecule is CC1(N)CCCCC1C(=O)NCCn1c(=O)[nH]c2ccccc21.Cl. The normalized spacial score (nSPS) is 23.7. The highest BCUT2D eigenvalue weighted by molar-refractivity contribution is 5.85. The molecule has 24 heavy (non-hydrogen) atoms. The van der Waals surface area contributed by atoms with Gasteiger partial charge in [-0.25, -0.2) is 4.79 Å². The van der Waals surface area contributed by atoms with Crippen molar-refractivity contribution in [3.63, 3.8) is 0 Å². The van der Waals surface area contributed by atoms with E-state index in [1.807, 2.05) is 31.2 Å². The standard InChI is InChI=1S/C17H24N4O2.ClH/c1-17(18)9-5-4-6-12(17)15(22)19-10-11-21-14-8-3-2-7-13(14)20-16(21)23;/h2-3,7-8,12H,4-6,9-11,18H2,1H3,(H,19,22)(H,20,23);1H. The third-order valence-corrected chi connectivity index (χ3v) is 4.89. The third-order valence-electron chi connectivity index (χ3n) is 4.89. The van der Waals surface area contributed by atoms with Gasteiger partial charge in [0, 0.05) is 18.6 Å². The minimum absolute atomic E-state index is 0. The van der Waals surface area contributed by atoms with Gasteiger partial charge in [-0.05, 0) is 31.9 Å². The number of nitrogens with one attached hydrogen (secondary N) is 2. The summed E-state index contributed by atoms with van der Waals surface area (Å²) in [5, 5.41) is 2.95. The van der Waals surface area contributed by atoms with Crippen molar-refractivity contribution in [1.82, 2.24) is 14.9 Å². The summed E-state index contributed by atoms with van der Waals surface area (Å²) in [6.07, 6.45) is 3.85. The van der Waals surface area contributed by atoms with Crippen LogP contribution in [-0.4, -0.2) is 27.5 Å².